The minimum atomic E-state index is 0.0426. The number of nitrogens with one attached hydrogen (secondary N) is 1. The van der Waals surface area contributed by atoms with E-state index in [0.29, 0.717) is 17.2 Å². The lowest BCUT2D eigenvalue weighted by atomic mass is 9.88. The van der Waals surface area contributed by atoms with Gasteiger partial charge in [0.1, 0.15) is 0 Å². The molecule has 0 spiro atoms. The summed E-state index contributed by atoms with van der Waals surface area (Å²) in [6, 6.07) is 7.06. The molecule has 1 amide bonds. The molecular weight excluding hydrogens is 254 g/mol. The average Bonchev–Trinajstić information content (AvgIpc) is 3.09. The first kappa shape index (κ1) is 13.0. The fourth-order valence-corrected chi connectivity index (χ4v) is 3.61. The SMILES string of the molecule is N/C(=N/O)c1cccc(NC(=O)C2CC3CCC2C3)c1. The van der Waals surface area contributed by atoms with Crippen molar-refractivity contribution in [3.8, 4) is 0 Å². The van der Waals surface area contributed by atoms with E-state index in [1.165, 1.54) is 19.3 Å². The monoisotopic (exact) mass is 273 g/mol. The summed E-state index contributed by atoms with van der Waals surface area (Å²) < 4.78 is 0. The van der Waals surface area contributed by atoms with Gasteiger partial charge in [-0.15, -0.1) is 0 Å². The standard InChI is InChI=1S/C15H19N3O2/c16-14(18-20)11-2-1-3-12(8-11)17-15(19)13-7-9-4-5-10(13)6-9/h1-3,8-10,13,20H,4-7H2,(H2,16,18)(H,17,19). The number of oxime groups is 1. The summed E-state index contributed by atoms with van der Waals surface area (Å²) in [6.45, 7) is 0. The number of carbonyl (C=O) groups is 1. The van der Waals surface area contributed by atoms with Gasteiger partial charge in [-0.3, -0.25) is 4.79 Å². The van der Waals surface area contributed by atoms with Crippen LogP contribution in [-0.4, -0.2) is 17.0 Å². The highest BCUT2D eigenvalue weighted by molar-refractivity contribution is 5.99. The van der Waals surface area contributed by atoms with Gasteiger partial charge in [0.05, 0.1) is 0 Å². The lowest BCUT2D eigenvalue weighted by Gasteiger charge is -2.20. The molecule has 2 bridgehead atoms. The number of benzene rings is 1. The molecule has 1 aromatic carbocycles. The summed E-state index contributed by atoms with van der Waals surface area (Å²) in [6.07, 6.45) is 4.71. The molecule has 2 aliphatic carbocycles. The third-order valence-electron chi connectivity index (χ3n) is 4.61. The van der Waals surface area contributed by atoms with Gasteiger partial charge in [-0.1, -0.05) is 23.7 Å². The van der Waals surface area contributed by atoms with Gasteiger partial charge in [-0.05, 0) is 43.2 Å². The third kappa shape index (κ3) is 2.35. The molecule has 5 nitrogen and oxygen atoms in total. The van der Waals surface area contributed by atoms with Crippen LogP contribution in [0.25, 0.3) is 0 Å². The van der Waals surface area contributed by atoms with Gasteiger partial charge in [-0.25, -0.2) is 0 Å². The first-order chi connectivity index (χ1) is 9.67. The van der Waals surface area contributed by atoms with Crippen molar-refractivity contribution >= 4 is 17.4 Å². The van der Waals surface area contributed by atoms with Crippen molar-refractivity contribution in [2.75, 3.05) is 5.32 Å². The number of fused-ring (bicyclic) bond motifs is 2. The average molecular weight is 273 g/mol. The Kier molecular flexibility index (Phi) is 3.34. The molecule has 20 heavy (non-hydrogen) atoms. The van der Waals surface area contributed by atoms with Gasteiger partial charge in [0, 0.05) is 17.2 Å². The molecular formula is C15H19N3O2. The summed E-state index contributed by atoms with van der Waals surface area (Å²) >= 11 is 0. The molecule has 3 rings (SSSR count). The van der Waals surface area contributed by atoms with E-state index in [9.17, 15) is 4.79 Å². The van der Waals surface area contributed by atoms with Crippen LogP contribution in [0.15, 0.2) is 29.4 Å². The number of amidine groups is 1. The Balaban J connectivity index is 1.70. The Morgan fingerprint density at radius 3 is 2.85 bits per heavy atom. The zero-order valence-corrected chi connectivity index (χ0v) is 11.2. The van der Waals surface area contributed by atoms with Gasteiger partial charge in [-0.2, -0.15) is 0 Å². The molecule has 2 aliphatic rings. The summed E-state index contributed by atoms with van der Waals surface area (Å²) in [7, 11) is 0. The molecule has 2 fully saturated rings. The Morgan fingerprint density at radius 2 is 2.20 bits per heavy atom. The van der Waals surface area contributed by atoms with Gasteiger partial charge in [0.15, 0.2) is 5.84 Å². The van der Waals surface area contributed by atoms with Crippen molar-refractivity contribution in [3.05, 3.63) is 29.8 Å². The number of hydrogen-bond acceptors (Lipinski definition) is 3. The molecule has 4 N–H and O–H groups in total. The third-order valence-corrected chi connectivity index (χ3v) is 4.61. The highest BCUT2D eigenvalue weighted by Crippen LogP contribution is 2.48. The van der Waals surface area contributed by atoms with Crippen LogP contribution >= 0.6 is 0 Å². The van der Waals surface area contributed by atoms with Crippen LogP contribution in [0.3, 0.4) is 0 Å². The highest BCUT2D eigenvalue weighted by Gasteiger charge is 2.42. The summed E-state index contributed by atoms with van der Waals surface area (Å²) in [5.74, 6) is 1.61. The van der Waals surface area contributed by atoms with Crippen LogP contribution in [0.5, 0.6) is 0 Å². The van der Waals surface area contributed by atoms with Crippen molar-refractivity contribution in [1.29, 1.82) is 0 Å². The molecule has 2 saturated carbocycles. The number of hydrogen-bond donors (Lipinski definition) is 3. The maximum absolute atomic E-state index is 12.3. The van der Waals surface area contributed by atoms with Crippen LogP contribution in [0.4, 0.5) is 5.69 Å². The van der Waals surface area contributed by atoms with E-state index in [4.69, 9.17) is 10.9 Å². The van der Waals surface area contributed by atoms with Crippen molar-refractivity contribution < 1.29 is 10.0 Å². The fraction of sp³-hybridized carbons (Fsp3) is 0.467. The number of rotatable bonds is 3. The molecule has 3 atom stereocenters. The van der Waals surface area contributed by atoms with Gasteiger partial charge in [0.2, 0.25) is 5.91 Å². The normalized spacial score (nSPS) is 28.6. The molecule has 0 heterocycles. The topological polar surface area (TPSA) is 87.7 Å². The minimum absolute atomic E-state index is 0.0426. The molecule has 5 heteroatoms. The van der Waals surface area contributed by atoms with Crippen molar-refractivity contribution in [3.63, 3.8) is 0 Å². The molecule has 0 aromatic heterocycles. The lowest BCUT2D eigenvalue weighted by Crippen LogP contribution is -2.27. The fourth-order valence-electron chi connectivity index (χ4n) is 3.61. The summed E-state index contributed by atoms with van der Waals surface area (Å²) in [5.41, 5.74) is 6.84. The van der Waals surface area contributed by atoms with E-state index in [-0.39, 0.29) is 17.7 Å². The van der Waals surface area contributed by atoms with Crippen LogP contribution in [0, 0.1) is 17.8 Å². The van der Waals surface area contributed by atoms with E-state index >= 15 is 0 Å². The van der Waals surface area contributed by atoms with E-state index in [1.807, 2.05) is 6.07 Å². The quantitative estimate of drug-likeness (QED) is 0.341. The Bertz CT molecular complexity index is 556. The Morgan fingerprint density at radius 1 is 1.35 bits per heavy atom. The van der Waals surface area contributed by atoms with E-state index in [2.05, 4.69) is 10.5 Å². The van der Waals surface area contributed by atoms with Crippen molar-refractivity contribution in [1.82, 2.24) is 0 Å². The minimum Gasteiger partial charge on any atom is -0.409 e. The van der Waals surface area contributed by atoms with E-state index in [0.717, 1.165) is 12.3 Å². The predicted molar refractivity (Wildman–Crippen MR) is 76.5 cm³/mol. The van der Waals surface area contributed by atoms with Crippen LogP contribution in [0.1, 0.15) is 31.2 Å². The zero-order valence-electron chi connectivity index (χ0n) is 11.2. The number of carbonyl (C=O) groups excluding carboxylic acids is 1. The lowest BCUT2D eigenvalue weighted by molar-refractivity contribution is -0.121. The highest BCUT2D eigenvalue weighted by atomic mass is 16.4. The first-order valence-corrected chi connectivity index (χ1v) is 7.06. The Labute approximate surface area is 117 Å². The van der Waals surface area contributed by atoms with E-state index < -0.39 is 0 Å². The van der Waals surface area contributed by atoms with Crippen molar-refractivity contribution in [2.24, 2.45) is 28.6 Å². The molecule has 1 aromatic rings. The maximum Gasteiger partial charge on any atom is 0.227 e. The number of nitrogens with zero attached hydrogens (tertiary/aromatic N) is 1. The second-order valence-electron chi connectivity index (χ2n) is 5.84. The molecule has 0 radical (unpaired) electrons. The Hall–Kier alpha value is -2.04. The molecule has 3 unspecified atom stereocenters. The van der Waals surface area contributed by atoms with Gasteiger partial charge >= 0.3 is 0 Å². The number of nitrogens with two attached hydrogens (primary N) is 1. The molecule has 106 valence electrons. The van der Waals surface area contributed by atoms with Crippen LogP contribution in [-0.2, 0) is 4.79 Å². The van der Waals surface area contributed by atoms with Crippen molar-refractivity contribution in [2.45, 2.75) is 25.7 Å². The summed E-state index contributed by atoms with van der Waals surface area (Å²) in [4.78, 5) is 12.3. The largest absolute Gasteiger partial charge is 0.409 e. The van der Waals surface area contributed by atoms with Gasteiger partial charge in [0.25, 0.3) is 0 Å². The maximum atomic E-state index is 12.3. The second-order valence-corrected chi connectivity index (χ2v) is 5.84. The van der Waals surface area contributed by atoms with Crippen LogP contribution < -0.4 is 11.1 Å². The number of anilines is 1. The first-order valence-electron chi connectivity index (χ1n) is 7.06. The van der Waals surface area contributed by atoms with Crippen LogP contribution in [0.2, 0.25) is 0 Å². The molecule has 0 saturated heterocycles. The smallest absolute Gasteiger partial charge is 0.227 e. The summed E-state index contributed by atoms with van der Waals surface area (Å²) in [5, 5.41) is 14.6. The van der Waals surface area contributed by atoms with Gasteiger partial charge < -0.3 is 16.3 Å². The predicted octanol–water partition coefficient (Wildman–Crippen LogP) is 2.16. The van der Waals surface area contributed by atoms with E-state index in [1.54, 1.807) is 18.2 Å². The second kappa shape index (κ2) is 5.15. The molecule has 0 aliphatic heterocycles. The number of amides is 1. The zero-order chi connectivity index (χ0) is 14.1.